The number of carbonyl (C=O) groups excluding carboxylic acids is 1. The van der Waals surface area contributed by atoms with E-state index in [1.54, 1.807) is 28.6 Å². The van der Waals surface area contributed by atoms with Gasteiger partial charge in [-0.3, -0.25) is 4.79 Å². The molecule has 5 nitrogen and oxygen atoms in total. The molecule has 1 aromatic carbocycles. The molecule has 3 rings (SSSR count). The molecule has 1 heterocycles. The molecular formula is C20H30N2O3S. The number of rotatable bonds is 7. The average Bonchev–Trinajstić information content (AvgIpc) is 3.45. The summed E-state index contributed by atoms with van der Waals surface area (Å²) in [5.74, 6) is 0.653. The summed E-state index contributed by atoms with van der Waals surface area (Å²) in [6.07, 6.45) is 6.24. The first-order chi connectivity index (χ1) is 12.4. The van der Waals surface area contributed by atoms with Crippen molar-refractivity contribution in [3.05, 3.63) is 29.8 Å². The lowest BCUT2D eigenvalue weighted by Crippen LogP contribution is -2.41. The molecule has 1 aliphatic heterocycles. The third-order valence-electron chi connectivity index (χ3n) is 5.41. The molecule has 1 saturated carbocycles. The molecule has 6 heteroatoms. The Bertz CT molecular complexity index is 726. The highest BCUT2D eigenvalue weighted by Gasteiger charge is 2.31. The first kappa shape index (κ1) is 19.4. The van der Waals surface area contributed by atoms with Gasteiger partial charge in [0.2, 0.25) is 10.0 Å². The number of piperidine rings is 1. The van der Waals surface area contributed by atoms with Crippen molar-refractivity contribution in [2.24, 2.45) is 5.92 Å². The van der Waals surface area contributed by atoms with Crippen molar-refractivity contribution in [3.63, 3.8) is 0 Å². The number of hydrogen-bond donors (Lipinski definition) is 0. The Balaban J connectivity index is 1.75. The molecule has 1 amide bonds. The van der Waals surface area contributed by atoms with Crippen LogP contribution in [-0.4, -0.2) is 49.2 Å². The normalized spacial score (nSPS) is 21.5. The third kappa shape index (κ3) is 4.29. The Kier molecular flexibility index (Phi) is 6.03. The van der Waals surface area contributed by atoms with Crippen molar-refractivity contribution < 1.29 is 13.2 Å². The van der Waals surface area contributed by atoms with Crippen molar-refractivity contribution >= 4 is 15.9 Å². The second-order valence-corrected chi connectivity index (χ2v) is 9.57. The Morgan fingerprint density at radius 3 is 2.42 bits per heavy atom. The van der Waals surface area contributed by atoms with Crippen LogP contribution in [0.15, 0.2) is 29.2 Å². The summed E-state index contributed by atoms with van der Waals surface area (Å²) in [6.45, 7) is 6.19. The molecule has 1 aromatic rings. The SMILES string of the molecule is CCCN(CC1CC1)C(=O)c1ccc(S(=O)(=O)N2CCCCC2C)cc1. The van der Waals surface area contributed by atoms with E-state index in [9.17, 15) is 13.2 Å². The minimum atomic E-state index is -3.48. The predicted molar refractivity (Wildman–Crippen MR) is 103 cm³/mol. The number of nitrogens with zero attached hydrogens (tertiary/aromatic N) is 2. The molecule has 0 aromatic heterocycles. The van der Waals surface area contributed by atoms with Gasteiger partial charge in [-0.2, -0.15) is 4.31 Å². The lowest BCUT2D eigenvalue weighted by molar-refractivity contribution is 0.0747. The topological polar surface area (TPSA) is 57.7 Å². The quantitative estimate of drug-likeness (QED) is 0.729. The van der Waals surface area contributed by atoms with Crippen LogP contribution in [0, 0.1) is 5.92 Å². The molecule has 0 radical (unpaired) electrons. The van der Waals surface area contributed by atoms with Gasteiger partial charge in [0.05, 0.1) is 4.90 Å². The number of amides is 1. The molecule has 0 bridgehead atoms. The van der Waals surface area contributed by atoms with Crippen LogP contribution in [0.1, 0.15) is 62.7 Å². The van der Waals surface area contributed by atoms with E-state index in [1.807, 2.05) is 11.8 Å². The van der Waals surface area contributed by atoms with Gasteiger partial charge in [0.15, 0.2) is 0 Å². The molecule has 0 spiro atoms. The smallest absolute Gasteiger partial charge is 0.253 e. The summed E-state index contributed by atoms with van der Waals surface area (Å²) >= 11 is 0. The van der Waals surface area contributed by atoms with Crippen LogP contribution in [0.5, 0.6) is 0 Å². The second kappa shape index (κ2) is 8.09. The van der Waals surface area contributed by atoms with E-state index < -0.39 is 10.0 Å². The molecule has 1 saturated heterocycles. The van der Waals surface area contributed by atoms with Crippen LogP contribution < -0.4 is 0 Å². The zero-order valence-electron chi connectivity index (χ0n) is 15.9. The minimum absolute atomic E-state index is 0.00837. The predicted octanol–water partition coefficient (Wildman–Crippen LogP) is 3.51. The zero-order valence-corrected chi connectivity index (χ0v) is 16.7. The Morgan fingerprint density at radius 2 is 1.85 bits per heavy atom. The maximum atomic E-state index is 12.9. The number of benzene rings is 1. The lowest BCUT2D eigenvalue weighted by Gasteiger charge is -2.32. The van der Waals surface area contributed by atoms with Gasteiger partial charge < -0.3 is 4.90 Å². The van der Waals surface area contributed by atoms with Crippen molar-refractivity contribution in [3.8, 4) is 0 Å². The zero-order chi connectivity index (χ0) is 18.7. The molecule has 2 aliphatic rings. The fourth-order valence-electron chi connectivity index (χ4n) is 3.67. The number of sulfonamides is 1. The highest BCUT2D eigenvalue weighted by molar-refractivity contribution is 7.89. The van der Waals surface area contributed by atoms with Crippen LogP contribution >= 0.6 is 0 Å². The van der Waals surface area contributed by atoms with Crippen LogP contribution in [0.4, 0.5) is 0 Å². The maximum absolute atomic E-state index is 12.9. The van der Waals surface area contributed by atoms with Crippen LogP contribution in [0.25, 0.3) is 0 Å². The van der Waals surface area contributed by atoms with Crippen LogP contribution in [0.2, 0.25) is 0 Å². The van der Waals surface area contributed by atoms with E-state index >= 15 is 0 Å². The Morgan fingerprint density at radius 1 is 1.15 bits per heavy atom. The average molecular weight is 379 g/mol. The van der Waals surface area contributed by atoms with Crippen molar-refractivity contribution in [1.29, 1.82) is 0 Å². The lowest BCUT2D eigenvalue weighted by atomic mass is 10.1. The fraction of sp³-hybridized carbons (Fsp3) is 0.650. The Labute approximate surface area is 157 Å². The van der Waals surface area contributed by atoms with Gasteiger partial charge in [-0.1, -0.05) is 13.3 Å². The summed E-state index contributed by atoms with van der Waals surface area (Å²) < 4.78 is 27.4. The standard InChI is InChI=1S/C20H30N2O3S/c1-3-13-21(15-17-7-8-17)20(23)18-9-11-19(12-10-18)26(24,25)22-14-5-4-6-16(22)2/h9-12,16-17H,3-8,13-15H2,1-2H3. The molecule has 144 valence electrons. The fourth-order valence-corrected chi connectivity index (χ4v) is 5.37. The number of hydrogen-bond acceptors (Lipinski definition) is 3. The van der Waals surface area contributed by atoms with E-state index in [1.165, 1.54) is 12.8 Å². The van der Waals surface area contributed by atoms with E-state index in [0.29, 0.717) is 18.0 Å². The highest BCUT2D eigenvalue weighted by atomic mass is 32.2. The monoisotopic (exact) mass is 378 g/mol. The first-order valence-electron chi connectivity index (χ1n) is 9.84. The summed E-state index contributed by atoms with van der Waals surface area (Å²) in [5, 5.41) is 0. The van der Waals surface area contributed by atoms with E-state index in [0.717, 1.165) is 38.8 Å². The van der Waals surface area contributed by atoms with E-state index in [-0.39, 0.29) is 16.8 Å². The third-order valence-corrected chi connectivity index (χ3v) is 7.43. The molecule has 1 unspecified atom stereocenters. The van der Waals surface area contributed by atoms with E-state index in [4.69, 9.17) is 0 Å². The molecule has 0 N–H and O–H groups in total. The van der Waals surface area contributed by atoms with Gasteiger partial charge in [-0.05, 0) is 69.2 Å². The highest BCUT2D eigenvalue weighted by Crippen LogP contribution is 2.30. The summed E-state index contributed by atoms with van der Waals surface area (Å²) in [4.78, 5) is 15.0. The largest absolute Gasteiger partial charge is 0.338 e. The van der Waals surface area contributed by atoms with Gasteiger partial charge in [0, 0.05) is 31.2 Å². The Hall–Kier alpha value is -1.40. The summed E-state index contributed by atoms with van der Waals surface area (Å²) in [6, 6.07) is 6.54. The van der Waals surface area contributed by atoms with Gasteiger partial charge in [-0.25, -0.2) is 8.42 Å². The second-order valence-electron chi connectivity index (χ2n) is 7.68. The first-order valence-corrected chi connectivity index (χ1v) is 11.3. The van der Waals surface area contributed by atoms with Gasteiger partial charge in [-0.15, -0.1) is 0 Å². The minimum Gasteiger partial charge on any atom is -0.338 e. The molecule has 1 aliphatic carbocycles. The van der Waals surface area contributed by atoms with Gasteiger partial charge in [0.1, 0.15) is 0 Å². The van der Waals surface area contributed by atoms with Crippen LogP contribution in [-0.2, 0) is 10.0 Å². The van der Waals surface area contributed by atoms with Crippen molar-refractivity contribution in [2.75, 3.05) is 19.6 Å². The van der Waals surface area contributed by atoms with E-state index in [2.05, 4.69) is 6.92 Å². The van der Waals surface area contributed by atoms with Gasteiger partial charge >= 0.3 is 0 Å². The molecule has 26 heavy (non-hydrogen) atoms. The summed E-state index contributed by atoms with van der Waals surface area (Å²) in [5.41, 5.74) is 0.574. The van der Waals surface area contributed by atoms with Crippen LogP contribution in [0.3, 0.4) is 0 Å². The van der Waals surface area contributed by atoms with Gasteiger partial charge in [0.25, 0.3) is 5.91 Å². The van der Waals surface area contributed by atoms with Crippen molar-refractivity contribution in [2.45, 2.75) is 63.3 Å². The summed E-state index contributed by atoms with van der Waals surface area (Å²) in [7, 11) is -3.48. The molecular weight excluding hydrogens is 348 g/mol. The van der Waals surface area contributed by atoms with Crippen molar-refractivity contribution in [1.82, 2.24) is 9.21 Å². The molecule has 1 atom stereocenters. The maximum Gasteiger partial charge on any atom is 0.253 e. The molecule has 2 fully saturated rings. The number of carbonyl (C=O) groups is 1.